The Balaban J connectivity index is 0.00000312. The van der Waals surface area contributed by atoms with Crippen LogP contribution in [0, 0.1) is 5.92 Å². The van der Waals surface area contributed by atoms with E-state index < -0.39 is 6.04 Å². The van der Waals surface area contributed by atoms with Gasteiger partial charge in [-0.05, 0) is 37.8 Å². The monoisotopic (exact) mass is 367 g/mol. The van der Waals surface area contributed by atoms with E-state index in [1.165, 1.54) is 0 Å². The molecule has 3 unspecified atom stereocenters. The van der Waals surface area contributed by atoms with Crippen molar-refractivity contribution in [2.24, 2.45) is 5.92 Å². The lowest BCUT2D eigenvalue weighted by Gasteiger charge is -2.32. The number of hydrogen-bond donors (Lipinski definition) is 3. The maximum atomic E-state index is 12.6. The van der Waals surface area contributed by atoms with E-state index in [2.05, 4.69) is 22.9 Å². The highest BCUT2D eigenvalue weighted by atomic mass is 35.5. The molecule has 1 fully saturated rings. The normalized spacial score (nSPS) is 21.1. The second-order valence-corrected chi connectivity index (χ2v) is 6.95. The molecule has 140 valence electrons. The van der Waals surface area contributed by atoms with Gasteiger partial charge in [0.1, 0.15) is 6.04 Å². The average molecular weight is 368 g/mol. The lowest BCUT2D eigenvalue weighted by molar-refractivity contribution is -0.130. The number of piperidine rings is 1. The van der Waals surface area contributed by atoms with Crippen LogP contribution in [0.25, 0.3) is 0 Å². The Morgan fingerprint density at radius 1 is 1.24 bits per heavy atom. The summed E-state index contributed by atoms with van der Waals surface area (Å²) in [6, 6.07) is 9.45. The first-order valence-electron chi connectivity index (χ1n) is 8.84. The van der Waals surface area contributed by atoms with Crippen LogP contribution in [0.4, 0.5) is 0 Å². The van der Waals surface area contributed by atoms with E-state index in [1.54, 1.807) is 0 Å². The zero-order valence-corrected chi connectivity index (χ0v) is 16.1. The molecule has 1 heterocycles. The summed E-state index contributed by atoms with van der Waals surface area (Å²) in [6.07, 6.45) is 2.32. The highest BCUT2D eigenvalue weighted by Crippen LogP contribution is 2.10. The van der Waals surface area contributed by atoms with Gasteiger partial charge < -0.3 is 16.0 Å². The van der Waals surface area contributed by atoms with Crippen molar-refractivity contribution in [1.82, 2.24) is 16.0 Å². The molecular weight excluding hydrogens is 338 g/mol. The molecule has 0 aromatic heterocycles. The Hall–Kier alpha value is -1.59. The van der Waals surface area contributed by atoms with Gasteiger partial charge in [-0.15, -0.1) is 12.4 Å². The van der Waals surface area contributed by atoms with Crippen LogP contribution in [0.1, 0.15) is 39.2 Å². The summed E-state index contributed by atoms with van der Waals surface area (Å²) in [5.41, 5.74) is 0.947. The van der Waals surface area contributed by atoms with Gasteiger partial charge in [-0.2, -0.15) is 0 Å². The first kappa shape index (κ1) is 21.5. The molecule has 6 heteroatoms. The van der Waals surface area contributed by atoms with Crippen molar-refractivity contribution in [1.29, 1.82) is 0 Å². The topological polar surface area (TPSA) is 70.2 Å². The first-order chi connectivity index (χ1) is 11.5. The van der Waals surface area contributed by atoms with Gasteiger partial charge >= 0.3 is 0 Å². The fraction of sp³-hybridized carbons (Fsp3) is 0.579. The first-order valence-corrected chi connectivity index (χ1v) is 8.84. The summed E-state index contributed by atoms with van der Waals surface area (Å²) in [6.45, 7) is 6.99. The third-order valence-corrected chi connectivity index (χ3v) is 4.56. The van der Waals surface area contributed by atoms with Gasteiger partial charge in [0.25, 0.3) is 0 Å². The second kappa shape index (κ2) is 10.4. The number of benzene rings is 1. The van der Waals surface area contributed by atoms with E-state index in [4.69, 9.17) is 0 Å². The Bertz CT molecular complexity index is 551. The molecule has 3 N–H and O–H groups in total. The van der Waals surface area contributed by atoms with Crippen LogP contribution in [-0.4, -0.2) is 36.5 Å². The molecule has 25 heavy (non-hydrogen) atoms. The van der Waals surface area contributed by atoms with E-state index >= 15 is 0 Å². The van der Waals surface area contributed by atoms with Crippen molar-refractivity contribution < 1.29 is 9.59 Å². The summed E-state index contributed by atoms with van der Waals surface area (Å²) in [4.78, 5) is 24.9. The van der Waals surface area contributed by atoms with Gasteiger partial charge in [0, 0.05) is 12.1 Å². The molecule has 1 saturated heterocycles. The minimum atomic E-state index is -0.504. The zero-order chi connectivity index (χ0) is 17.5. The smallest absolute Gasteiger partial charge is 0.243 e. The van der Waals surface area contributed by atoms with Gasteiger partial charge in [-0.25, -0.2) is 0 Å². The molecule has 1 aliphatic heterocycles. The van der Waals surface area contributed by atoms with Crippen molar-refractivity contribution in [2.75, 3.05) is 6.54 Å². The predicted molar refractivity (Wildman–Crippen MR) is 103 cm³/mol. The minimum Gasteiger partial charge on any atom is -0.350 e. The summed E-state index contributed by atoms with van der Waals surface area (Å²) < 4.78 is 0. The molecule has 3 atom stereocenters. The van der Waals surface area contributed by atoms with Gasteiger partial charge in [-0.1, -0.05) is 44.2 Å². The molecule has 0 bridgehead atoms. The highest BCUT2D eigenvalue weighted by Gasteiger charge is 2.29. The number of carbonyl (C=O) groups excluding carboxylic acids is 2. The largest absolute Gasteiger partial charge is 0.350 e. The molecule has 0 saturated carbocycles. The Kier molecular flexibility index (Phi) is 8.93. The zero-order valence-electron chi connectivity index (χ0n) is 15.2. The second-order valence-electron chi connectivity index (χ2n) is 6.95. The standard InChI is InChI=1S/C19H29N3O2.ClH/c1-13(2)18(19(24)21-16-10-7-11-20-14(16)3)22-17(23)12-15-8-5-4-6-9-15;/h4-6,8-9,13-14,16,18,20H,7,10-12H2,1-3H3,(H,21,24)(H,22,23);1H. The number of carbonyl (C=O) groups is 2. The Morgan fingerprint density at radius 2 is 1.92 bits per heavy atom. The van der Waals surface area contributed by atoms with Crippen LogP contribution in [0.15, 0.2) is 30.3 Å². The van der Waals surface area contributed by atoms with Crippen molar-refractivity contribution in [3.63, 3.8) is 0 Å². The van der Waals surface area contributed by atoms with E-state index in [0.29, 0.717) is 6.42 Å². The molecule has 1 aromatic rings. The Labute approximate surface area is 156 Å². The van der Waals surface area contributed by atoms with E-state index in [-0.39, 0.29) is 42.2 Å². The fourth-order valence-corrected chi connectivity index (χ4v) is 3.05. The van der Waals surface area contributed by atoms with Gasteiger partial charge in [-0.3, -0.25) is 9.59 Å². The molecule has 2 amide bonds. The number of rotatable bonds is 6. The van der Waals surface area contributed by atoms with Crippen molar-refractivity contribution in [3.8, 4) is 0 Å². The lowest BCUT2D eigenvalue weighted by Crippen LogP contribution is -2.57. The predicted octanol–water partition coefficient (Wildman–Crippen LogP) is 2.05. The molecule has 1 aromatic carbocycles. The summed E-state index contributed by atoms with van der Waals surface area (Å²) in [5, 5.41) is 9.38. The summed E-state index contributed by atoms with van der Waals surface area (Å²) >= 11 is 0. The van der Waals surface area contributed by atoms with Gasteiger partial charge in [0.05, 0.1) is 6.42 Å². The van der Waals surface area contributed by atoms with E-state index in [1.807, 2.05) is 44.2 Å². The number of amides is 2. The van der Waals surface area contributed by atoms with Crippen molar-refractivity contribution in [2.45, 2.75) is 58.2 Å². The molecule has 0 radical (unpaired) electrons. The molecular formula is C19H30ClN3O2. The molecule has 0 aliphatic carbocycles. The van der Waals surface area contributed by atoms with Gasteiger partial charge in [0.15, 0.2) is 0 Å². The maximum absolute atomic E-state index is 12.6. The average Bonchev–Trinajstić information content (AvgIpc) is 2.55. The third kappa shape index (κ3) is 6.67. The lowest BCUT2D eigenvalue weighted by atomic mass is 9.97. The third-order valence-electron chi connectivity index (χ3n) is 4.56. The molecule has 2 rings (SSSR count). The maximum Gasteiger partial charge on any atom is 0.243 e. The van der Waals surface area contributed by atoms with E-state index in [0.717, 1.165) is 24.9 Å². The van der Waals surface area contributed by atoms with E-state index in [9.17, 15) is 9.59 Å². The number of halogens is 1. The van der Waals surface area contributed by atoms with Crippen LogP contribution in [0.2, 0.25) is 0 Å². The van der Waals surface area contributed by atoms with Crippen LogP contribution in [0.3, 0.4) is 0 Å². The molecule has 5 nitrogen and oxygen atoms in total. The highest BCUT2D eigenvalue weighted by molar-refractivity contribution is 5.88. The van der Waals surface area contributed by atoms with Crippen LogP contribution < -0.4 is 16.0 Å². The van der Waals surface area contributed by atoms with Crippen molar-refractivity contribution >= 4 is 24.2 Å². The van der Waals surface area contributed by atoms with Crippen molar-refractivity contribution in [3.05, 3.63) is 35.9 Å². The minimum absolute atomic E-state index is 0. The Morgan fingerprint density at radius 3 is 2.52 bits per heavy atom. The number of hydrogen-bond acceptors (Lipinski definition) is 3. The van der Waals surface area contributed by atoms with Crippen LogP contribution in [0.5, 0.6) is 0 Å². The van der Waals surface area contributed by atoms with Crippen LogP contribution in [-0.2, 0) is 16.0 Å². The summed E-state index contributed by atoms with van der Waals surface area (Å²) in [7, 11) is 0. The molecule has 1 aliphatic rings. The SMILES string of the molecule is CC(C)C(NC(=O)Cc1ccccc1)C(=O)NC1CCCNC1C.Cl. The quantitative estimate of drug-likeness (QED) is 0.720. The number of nitrogens with one attached hydrogen (secondary N) is 3. The van der Waals surface area contributed by atoms with Crippen LogP contribution >= 0.6 is 12.4 Å². The van der Waals surface area contributed by atoms with Gasteiger partial charge in [0.2, 0.25) is 11.8 Å². The molecule has 0 spiro atoms. The fourth-order valence-electron chi connectivity index (χ4n) is 3.05. The summed E-state index contributed by atoms with van der Waals surface area (Å²) in [5.74, 6) is -0.173.